The first-order chi connectivity index (χ1) is 14.0. The van der Waals surface area contributed by atoms with E-state index in [0.717, 1.165) is 34.0 Å². The Morgan fingerprint density at radius 2 is 1.48 bits per heavy atom. The monoisotopic (exact) mass is 389 g/mol. The number of rotatable bonds is 6. The summed E-state index contributed by atoms with van der Waals surface area (Å²) in [6, 6.07) is 23.7. The molecule has 0 aliphatic carbocycles. The molecule has 29 heavy (non-hydrogen) atoms. The van der Waals surface area contributed by atoms with Crippen molar-refractivity contribution in [1.82, 2.24) is 4.98 Å². The zero-order chi connectivity index (χ0) is 20.6. The van der Waals surface area contributed by atoms with Crippen LogP contribution >= 0.6 is 0 Å². The normalized spacial score (nSPS) is 10.5. The van der Waals surface area contributed by atoms with Crippen molar-refractivity contribution >= 4 is 33.6 Å². The number of nitrogens with one attached hydrogen (secondary N) is 1. The van der Waals surface area contributed by atoms with E-state index in [1.807, 2.05) is 66.7 Å². The molecular formula is C24H23NO4. The van der Waals surface area contributed by atoms with Crippen LogP contribution in [-0.4, -0.2) is 27.1 Å². The van der Waals surface area contributed by atoms with Crippen molar-refractivity contribution in [3.05, 3.63) is 84.1 Å². The first-order valence-corrected chi connectivity index (χ1v) is 9.50. The summed E-state index contributed by atoms with van der Waals surface area (Å²) < 4.78 is 0. The van der Waals surface area contributed by atoms with E-state index < -0.39 is 11.9 Å². The second-order valence-electron chi connectivity index (χ2n) is 6.84. The fourth-order valence-electron chi connectivity index (χ4n) is 3.31. The number of fused-ring (bicyclic) bond motifs is 2. The van der Waals surface area contributed by atoms with Gasteiger partial charge in [0.25, 0.3) is 0 Å². The van der Waals surface area contributed by atoms with Gasteiger partial charge in [-0.05, 0) is 46.7 Å². The molecule has 5 nitrogen and oxygen atoms in total. The first kappa shape index (κ1) is 20.1. The highest BCUT2D eigenvalue weighted by Gasteiger charge is 2.04. The van der Waals surface area contributed by atoms with Crippen molar-refractivity contribution < 1.29 is 19.8 Å². The molecule has 0 spiro atoms. The van der Waals surface area contributed by atoms with E-state index in [2.05, 4.69) is 11.1 Å². The third-order valence-corrected chi connectivity index (χ3v) is 4.64. The lowest BCUT2D eigenvalue weighted by atomic mass is 10.0. The molecule has 0 saturated carbocycles. The van der Waals surface area contributed by atoms with Crippen LogP contribution < -0.4 is 0 Å². The molecule has 0 aliphatic rings. The molecule has 0 unspecified atom stereocenters. The molecule has 1 aromatic heterocycles. The Morgan fingerprint density at radius 1 is 0.793 bits per heavy atom. The Morgan fingerprint density at radius 3 is 2.21 bits per heavy atom. The molecule has 0 saturated heterocycles. The number of aromatic nitrogens is 1. The van der Waals surface area contributed by atoms with Crippen molar-refractivity contribution in [2.45, 2.75) is 25.7 Å². The highest BCUT2D eigenvalue weighted by atomic mass is 16.4. The van der Waals surface area contributed by atoms with Crippen molar-refractivity contribution in [1.29, 1.82) is 0 Å². The number of aryl methyl sites for hydroxylation is 1. The number of para-hydroxylation sites is 1. The molecule has 0 radical (unpaired) electrons. The van der Waals surface area contributed by atoms with Gasteiger partial charge in [-0.15, -0.1) is 0 Å². The summed E-state index contributed by atoms with van der Waals surface area (Å²) in [5.41, 5.74) is 3.09. The Balaban J connectivity index is 0.000000166. The number of carbonyl (C=O) groups is 2. The highest BCUT2D eigenvalue weighted by Crippen LogP contribution is 2.18. The number of carboxylic acid groups (broad SMARTS) is 2. The van der Waals surface area contributed by atoms with Crippen molar-refractivity contribution in [3.8, 4) is 0 Å². The quantitative estimate of drug-likeness (QED) is 0.431. The van der Waals surface area contributed by atoms with Crippen LogP contribution in [-0.2, 0) is 22.4 Å². The maximum Gasteiger partial charge on any atom is 0.307 e. The zero-order valence-corrected chi connectivity index (χ0v) is 16.0. The van der Waals surface area contributed by atoms with Gasteiger partial charge in [-0.1, -0.05) is 60.7 Å². The van der Waals surface area contributed by atoms with Gasteiger partial charge >= 0.3 is 11.9 Å². The fourth-order valence-corrected chi connectivity index (χ4v) is 3.31. The number of hydrogen-bond acceptors (Lipinski definition) is 2. The van der Waals surface area contributed by atoms with Crippen LogP contribution in [0.1, 0.15) is 24.1 Å². The number of aliphatic carboxylic acids is 2. The molecule has 3 aromatic carbocycles. The third kappa shape index (κ3) is 5.69. The molecule has 0 atom stereocenters. The molecule has 4 aromatic rings. The molecule has 4 rings (SSSR count). The summed E-state index contributed by atoms with van der Waals surface area (Å²) in [6.45, 7) is 0. The molecule has 0 bridgehead atoms. The van der Waals surface area contributed by atoms with Gasteiger partial charge < -0.3 is 15.2 Å². The van der Waals surface area contributed by atoms with E-state index in [1.54, 1.807) is 0 Å². The van der Waals surface area contributed by atoms with Gasteiger partial charge in [0.2, 0.25) is 0 Å². The standard InChI is InChI=1S/C12H13NO2.C12H10O2/c14-12(15)7-3-5-10-8-9-4-1-2-6-11(9)13-10;13-12(14)8-10-6-3-5-9-4-1-2-7-11(9)10/h1-2,4,6,8,13H,3,5,7H2,(H,14,15);1-7H,8H2,(H,13,14). The summed E-state index contributed by atoms with van der Waals surface area (Å²) in [7, 11) is 0. The van der Waals surface area contributed by atoms with Crippen molar-refractivity contribution in [2.75, 3.05) is 0 Å². The Hall–Kier alpha value is -3.60. The van der Waals surface area contributed by atoms with Gasteiger partial charge in [-0.2, -0.15) is 0 Å². The number of hydrogen-bond donors (Lipinski definition) is 3. The molecule has 0 fully saturated rings. The van der Waals surface area contributed by atoms with Crippen LogP contribution in [0.5, 0.6) is 0 Å². The SMILES string of the molecule is O=C(O)CCCc1cc2ccccc2[nH]1.O=C(O)Cc1cccc2ccccc12. The number of aromatic amines is 1. The molecule has 0 aliphatic heterocycles. The van der Waals surface area contributed by atoms with Gasteiger partial charge in [0.15, 0.2) is 0 Å². The van der Waals surface area contributed by atoms with Gasteiger partial charge in [-0.25, -0.2) is 0 Å². The summed E-state index contributed by atoms with van der Waals surface area (Å²) in [4.78, 5) is 24.2. The maximum atomic E-state index is 10.6. The molecule has 3 N–H and O–H groups in total. The van der Waals surface area contributed by atoms with Crippen molar-refractivity contribution in [3.63, 3.8) is 0 Å². The lowest BCUT2D eigenvalue weighted by Crippen LogP contribution is -2.00. The fraction of sp³-hybridized carbons (Fsp3) is 0.167. The Labute approximate surface area is 168 Å². The van der Waals surface area contributed by atoms with Crippen LogP contribution in [0, 0.1) is 0 Å². The minimum Gasteiger partial charge on any atom is -0.481 e. The minimum atomic E-state index is -0.790. The lowest BCUT2D eigenvalue weighted by molar-refractivity contribution is -0.137. The largest absolute Gasteiger partial charge is 0.481 e. The van der Waals surface area contributed by atoms with E-state index in [-0.39, 0.29) is 12.8 Å². The van der Waals surface area contributed by atoms with E-state index in [4.69, 9.17) is 10.2 Å². The van der Waals surface area contributed by atoms with E-state index in [9.17, 15) is 9.59 Å². The molecule has 148 valence electrons. The summed E-state index contributed by atoms with van der Waals surface area (Å²) in [5.74, 6) is -1.52. The average Bonchev–Trinajstić information content (AvgIpc) is 3.11. The number of benzene rings is 3. The molecule has 1 heterocycles. The minimum absolute atomic E-state index is 0.0847. The Kier molecular flexibility index (Phi) is 6.63. The van der Waals surface area contributed by atoms with Crippen LogP contribution in [0.4, 0.5) is 0 Å². The summed E-state index contributed by atoms with van der Waals surface area (Å²) in [6.07, 6.45) is 1.79. The molecular weight excluding hydrogens is 366 g/mol. The first-order valence-electron chi connectivity index (χ1n) is 9.50. The van der Waals surface area contributed by atoms with Gasteiger partial charge in [0.05, 0.1) is 6.42 Å². The number of carboxylic acids is 2. The predicted octanol–water partition coefficient (Wildman–Crippen LogP) is 5.04. The van der Waals surface area contributed by atoms with Crippen LogP contribution in [0.3, 0.4) is 0 Å². The summed E-state index contributed by atoms with van der Waals surface area (Å²) >= 11 is 0. The van der Waals surface area contributed by atoms with E-state index in [0.29, 0.717) is 6.42 Å². The smallest absolute Gasteiger partial charge is 0.307 e. The lowest BCUT2D eigenvalue weighted by Gasteiger charge is -2.02. The number of H-pyrrole nitrogens is 1. The van der Waals surface area contributed by atoms with Gasteiger partial charge in [0, 0.05) is 17.6 Å². The topological polar surface area (TPSA) is 90.4 Å². The van der Waals surface area contributed by atoms with Crippen LogP contribution in [0.15, 0.2) is 72.8 Å². The highest BCUT2D eigenvalue weighted by molar-refractivity contribution is 5.88. The summed E-state index contributed by atoms with van der Waals surface area (Å²) in [5, 5.41) is 20.5. The average molecular weight is 389 g/mol. The van der Waals surface area contributed by atoms with Crippen molar-refractivity contribution in [2.24, 2.45) is 0 Å². The second-order valence-corrected chi connectivity index (χ2v) is 6.84. The molecule has 5 heteroatoms. The van der Waals surface area contributed by atoms with Gasteiger partial charge in [-0.3, -0.25) is 9.59 Å². The van der Waals surface area contributed by atoms with E-state index in [1.165, 1.54) is 5.39 Å². The van der Waals surface area contributed by atoms with Crippen LogP contribution in [0.25, 0.3) is 21.7 Å². The van der Waals surface area contributed by atoms with Gasteiger partial charge in [0.1, 0.15) is 0 Å². The zero-order valence-electron chi connectivity index (χ0n) is 16.0. The second kappa shape index (κ2) is 9.55. The van der Waals surface area contributed by atoms with Crippen LogP contribution in [0.2, 0.25) is 0 Å². The maximum absolute atomic E-state index is 10.6. The third-order valence-electron chi connectivity index (χ3n) is 4.64. The Bertz CT molecular complexity index is 1090. The predicted molar refractivity (Wildman–Crippen MR) is 114 cm³/mol. The van der Waals surface area contributed by atoms with E-state index >= 15 is 0 Å². The molecule has 0 amide bonds.